The number of ether oxygens (including phenoxy) is 3. The van der Waals surface area contributed by atoms with E-state index >= 15 is 0 Å². The summed E-state index contributed by atoms with van der Waals surface area (Å²) < 4.78 is 16.8. The maximum Gasteiger partial charge on any atom is 0.162 e. The Balaban J connectivity index is 2.00. The molecular weight excluding hydrogens is 244 g/mol. The summed E-state index contributed by atoms with van der Waals surface area (Å²) >= 11 is 0. The largest absolute Gasteiger partial charge is 0.388 e. The van der Waals surface area contributed by atoms with Crippen LogP contribution < -0.4 is 0 Å². The van der Waals surface area contributed by atoms with Crippen LogP contribution in [0, 0.1) is 5.92 Å². The molecule has 0 aliphatic carbocycles. The van der Waals surface area contributed by atoms with Crippen molar-refractivity contribution >= 4 is 0 Å². The molecule has 4 heteroatoms. The molecule has 1 N–H and O–H groups in total. The van der Waals surface area contributed by atoms with Crippen molar-refractivity contribution in [2.24, 2.45) is 5.92 Å². The molecule has 1 fully saturated rings. The highest BCUT2D eigenvalue weighted by Crippen LogP contribution is 2.29. The molecule has 0 amide bonds. The van der Waals surface area contributed by atoms with Gasteiger partial charge in [0.1, 0.15) is 6.10 Å². The molecule has 1 aliphatic rings. The van der Waals surface area contributed by atoms with Crippen LogP contribution in [0.2, 0.25) is 0 Å². The molecule has 2 rings (SSSR count). The molecule has 4 nitrogen and oxygen atoms in total. The predicted octanol–water partition coefficient (Wildman–Crippen LogP) is 1.96. The van der Waals surface area contributed by atoms with E-state index in [4.69, 9.17) is 14.2 Å². The minimum absolute atomic E-state index is 0.0140. The van der Waals surface area contributed by atoms with Gasteiger partial charge in [-0.1, -0.05) is 37.3 Å². The van der Waals surface area contributed by atoms with Crippen molar-refractivity contribution in [1.82, 2.24) is 0 Å². The Kier molecular flexibility index (Phi) is 4.93. The number of aliphatic hydroxyl groups is 1. The summed E-state index contributed by atoms with van der Waals surface area (Å²) in [5, 5.41) is 10.2. The molecule has 1 saturated heterocycles. The van der Waals surface area contributed by atoms with Crippen molar-refractivity contribution in [3.8, 4) is 0 Å². The molecular formula is C15H22O4. The predicted molar refractivity (Wildman–Crippen MR) is 71.5 cm³/mol. The molecule has 106 valence electrons. The molecule has 2 unspecified atom stereocenters. The van der Waals surface area contributed by atoms with Crippen LogP contribution in [0.4, 0.5) is 0 Å². The molecule has 1 aromatic carbocycles. The molecule has 0 saturated carbocycles. The summed E-state index contributed by atoms with van der Waals surface area (Å²) in [6, 6.07) is 9.94. The second-order valence-electron chi connectivity index (χ2n) is 5.06. The van der Waals surface area contributed by atoms with Crippen LogP contribution >= 0.6 is 0 Å². The van der Waals surface area contributed by atoms with Gasteiger partial charge in [-0.15, -0.1) is 0 Å². The highest BCUT2D eigenvalue weighted by molar-refractivity contribution is 5.13. The number of rotatable bonds is 4. The third-order valence-corrected chi connectivity index (χ3v) is 3.63. The highest BCUT2D eigenvalue weighted by Gasteiger charge is 2.41. The fourth-order valence-electron chi connectivity index (χ4n) is 2.44. The van der Waals surface area contributed by atoms with E-state index in [0.717, 1.165) is 5.56 Å². The van der Waals surface area contributed by atoms with Crippen LogP contribution in [-0.2, 0) is 20.8 Å². The Hall–Kier alpha value is -0.940. The Bertz CT molecular complexity index is 381. The average molecular weight is 266 g/mol. The molecule has 0 radical (unpaired) electrons. The number of hydrogen-bond acceptors (Lipinski definition) is 4. The molecule has 0 spiro atoms. The van der Waals surface area contributed by atoms with E-state index in [9.17, 15) is 5.11 Å². The van der Waals surface area contributed by atoms with Crippen LogP contribution in [0.3, 0.4) is 0 Å². The van der Waals surface area contributed by atoms with E-state index < -0.39 is 6.10 Å². The summed E-state index contributed by atoms with van der Waals surface area (Å²) in [4.78, 5) is 0. The zero-order valence-electron chi connectivity index (χ0n) is 11.7. The van der Waals surface area contributed by atoms with Crippen molar-refractivity contribution in [2.45, 2.75) is 45.1 Å². The minimum Gasteiger partial charge on any atom is -0.388 e. The third kappa shape index (κ3) is 3.34. The summed E-state index contributed by atoms with van der Waals surface area (Å²) in [7, 11) is 1.61. The third-order valence-electron chi connectivity index (χ3n) is 3.63. The van der Waals surface area contributed by atoms with E-state index in [-0.39, 0.29) is 24.4 Å². The maximum absolute atomic E-state index is 10.2. The number of aliphatic hydroxyl groups excluding tert-OH is 1. The van der Waals surface area contributed by atoms with E-state index in [1.54, 1.807) is 7.11 Å². The summed E-state index contributed by atoms with van der Waals surface area (Å²) in [6.45, 7) is 4.29. The smallest absolute Gasteiger partial charge is 0.162 e. The van der Waals surface area contributed by atoms with Gasteiger partial charge in [0.2, 0.25) is 0 Å². The van der Waals surface area contributed by atoms with E-state index in [1.165, 1.54) is 0 Å². The maximum atomic E-state index is 10.2. The number of hydrogen-bond donors (Lipinski definition) is 1. The van der Waals surface area contributed by atoms with Crippen molar-refractivity contribution < 1.29 is 19.3 Å². The lowest BCUT2D eigenvalue weighted by Crippen LogP contribution is -2.53. The fraction of sp³-hybridized carbons (Fsp3) is 0.600. The monoisotopic (exact) mass is 266 g/mol. The van der Waals surface area contributed by atoms with E-state index in [2.05, 4.69) is 0 Å². The first-order valence-corrected chi connectivity index (χ1v) is 6.65. The minimum atomic E-state index is -0.634. The van der Waals surface area contributed by atoms with Crippen LogP contribution in [0.5, 0.6) is 0 Å². The first kappa shape index (κ1) is 14.5. The SMILES string of the molecule is CO[C@@H]1OC(C)[C@@H](O)[C@@H](OCc2ccccc2)C1C. The van der Waals surface area contributed by atoms with Crippen LogP contribution in [-0.4, -0.2) is 36.8 Å². The first-order chi connectivity index (χ1) is 9.13. The lowest BCUT2D eigenvalue weighted by atomic mass is 9.92. The van der Waals surface area contributed by atoms with Crippen LogP contribution in [0.15, 0.2) is 30.3 Å². The molecule has 1 aliphatic heterocycles. The Morgan fingerprint density at radius 1 is 1.21 bits per heavy atom. The quantitative estimate of drug-likeness (QED) is 0.905. The van der Waals surface area contributed by atoms with Crippen molar-refractivity contribution in [3.63, 3.8) is 0 Å². The summed E-state index contributed by atoms with van der Waals surface area (Å²) in [5.74, 6) is -0.0140. The standard InChI is InChI=1S/C15H22O4/c1-10-14(13(16)11(2)19-15(10)17-3)18-9-12-7-5-4-6-8-12/h4-8,10-11,13-16H,9H2,1-3H3/t10?,11?,13-,14+,15-/m1/s1. The van der Waals surface area contributed by atoms with Gasteiger partial charge >= 0.3 is 0 Å². The zero-order valence-corrected chi connectivity index (χ0v) is 11.7. The van der Waals surface area contributed by atoms with Crippen LogP contribution in [0.1, 0.15) is 19.4 Å². The Morgan fingerprint density at radius 2 is 1.89 bits per heavy atom. The molecule has 1 aromatic rings. The lowest BCUT2D eigenvalue weighted by molar-refractivity contribution is -0.274. The van der Waals surface area contributed by atoms with E-state index in [0.29, 0.717) is 6.61 Å². The van der Waals surface area contributed by atoms with Gasteiger partial charge in [-0.05, 0) is 12.5 Å². The molecule has 1 heterocycles. The normalized spacial score (nSPS) is 35.3. The van der Waals surface area contributed by atoms with Gasteiger partial charge in [0.05, 0.1) is 18.8 Å². The van der Waals surface area contributed by atoms with Crippen molar-refractivity contribution in [1.29, 1.82) is 0 Å². The number of benzene rings is 1. The Morgan fingerprint density at radius 3 is 2.53 bits per heavy atom. The van der Waals surface area contributed by atoms with Gasteiger partial charge < -0.3 is 19.3 Å². The fourth-order valence-corrected chi connectivity index (χ4v) is 2.44. The average Bonchev–Trinajstić information content (AvgIpc) is 2.44. The summed E-state index contributed by atoms with van der Waals surface area (Å²) in [6.07, 6.45) is -1.54. The van der Waals surface area contributed by atoms with Gasteiger partial charge in [-0.3, -0.25) is 0 Å². The van der Waals surface area contributed by atoms with Crippen LogP contribution in [0.25, 0.3) is 0 Å². The topological polar surface area (TPSA) is 47.9 Å². The lowest BCUT2D eigenvalue weighted by Gasteiger charge is -2.41. The molecule has 0 aromatic heterocycles. The molecule has 0 bridgehead atoms. The second-order valence-corrected chi connectivity index (χ2v) is 5.06. The molecule has 5 atom stereocenters. The van der Waals surface area contributed by atoms with Gasteiger partial charge in [0.25, 0.3) is 0 Å². The van der Waals surface area contributed by atoms with Gasteiger partial charge in [-0.2, -0.15) is 0 Å². The summed E-state index contributed by atoms with van der Waals surface area (Å²) in [5.41, 5.74) is 1.09. The van der Waals surface area contributed by atoms with Crippen molar-refractivity contribution in [2.75, 3.05) is 7.11 Å². The highest BCUT2D eigenvalue weighted by atomic mass is 16.7. The second kappa shape index (κ2) is 6.48. The number of methoxy groups -OCH3 is 1. The first-order valence-electron chi connectivity index (χ1n) is 6.65. The van der Waals surface area contributed by atoms with Gasteiger partial charge in [-0.25, -0.2) is 0 Å². The Labute approximate surface area is 114 Å². The zero-order chi connectivity index (χ0) is 13.8. The van der Waals surface area contributed by atoms with Gasteiger partial charge in [0.15, 0.2) is 6.29 Å². The molecule has 19 heavy (non-hydrogen) atoms. The van der Waals surface area contributed by atoms with E-state index in [1.807, 2.05) is 44.2 Å². The van der Waals surface area contributed by atoms with Gasteiger partial charge in [0, 0.05) is 13.0 Å². The van der Waals surface area contributed by atoms with Crippen molar-refractivity contribution in [3.05, 3.63) is 35.9 Å².